The van der Waals surface area contributed by atoms with Gasteiger partial charge in [0.1, 0.15) is 5.76 Å². The van der Waals surface area contributed by atoms with Crippen molar-refractivity contribution in [3.63, 3.8) is 0 Å². The average molecular weight is 286 g/mol. The molecule has 2 aromatic rings. The lowest BCUT2D eigenvalue weighted by molar-refractivity contribution is 0.0228. The lowest BCUT2D eigenvalue weighted by Gasteiger charge is -2.37. The summed E-state index contributed by atoms with van der Waals surface area (Å²) in [6.07, 6.45) is 4.33. The quantitative estimate of drug-likeness (QED) is 0.903. The molecule has 0 spiro atoms. The smallest absolute Gasteiger partial charge is 0.255 e. The molecule has 5 heteroatoms. The third-order valence-electron chi connectivity index (χ3n) is 4.02. The Morgan fingerprint density at radius 2 is 2.24 bits per heavy atom. The number of nitrogens with zero attached hydrogens (tertiary/aromatic N) is 1. The summed E-state index contributed by atoms with van der Waals surface area (Å²) < 4.78 is 5.17. The monoisotopic (exact) mass is 286 g/mol. The van der Waals surface area contributed by atoms with Gasteiger partial charge >= 0.3 is 0 Å². The highest BCUT2D eigenvalue weighted by molar-refractivity contribution is 5.95. The first kappa shape index (κ1) is 13.8. The second-order valence-corrected chi connectivity index (χ2v) is 5.48. The van der Waals surface area contributed by atoms with Gasteiger partial charge in [0.05, 0.1) is 29.7 Å². The summed E-state index contributed by atoms with van der Waals surface area (Å²) in [6, 6.07) is 7.13. The van der Waals surface area contributed by atoms with Crippen LogP contribution >= 0.6 is 0 Å². The molecule has 0 bridgehead atoms. The molecule has 1 unspecified atom stereocenters. The predicted molar refractivity (Wildman–Crippen MR) is 76.6 cm³/mol. The minimum absolute atomic E-state index is 0.168. The highest BCUT2D eigenvalue weighted by Crippen LogP contribution is 2.37. The van der Waals surface area contributed by atoms with Crippen molar-refractivity contribution in [2.24, 2.45) is 5.92 Å². The molecule has 3 rings (SSSR count). The van der Waals surface area contributed by atoms with Crippen LogP contribution in [0.3, 0.4) is 0 Å². The minimum Gasteiger partial charge on any atom is -0.469 e. The molecule has 2 aromatic heterocycles. The van der Waals surface area contributed by atoms with Gasteiger partial charge in [0.2, 0.25) is 0 Å². The Balaban J connectivity index is 1.80. The number of carbonyl (C=O) groups is 1. The number of hydrogen-bond acceptors (Lipinski definition) is 4. The fourth-order valence-electron chi connectivity index (χ4n) is 2.73. The number of aromatic nitrogens is 1. The SMILES string of the molecule is Cc1occc1C(=O)NC(c1ccccn1)C1CC(O)C1. The summed E-state index contributed by atoms with van der Waals surface area (Å²) >= 11 is 0. The van der Waals surface area contributed by atoms with Crippen LogP contribution in [0, 0.1) is 12.8 Å². The fourth-order valence-corrected chi connectivity index (χ4v) is 2.73. The number of nitrogens with one attached hydrogen (secondary N) is 1. The normalized spacial score (nSPS) is 22.4. The van der Waals surface area contributed by atoms with Crippen LogP contribution in [0.15, 0.2) is 41.1 Å². The van der Waals surface area contributed by atoms with Gasteiger partial charge < -0.3 is 14.8 Å². The lowest BCUT2D eigenvalue weighted by Crippen LogP contribution is -2.41. The van der Waals surface area contributed by atoms with Crippen LogP contribution in [-0.4, -0.2) is 22.1 Å². The Morgan fingerprint density at radius 1 is 1.43 bits per heavy atom. The van der Waals surface area contributed by atoms with Crippen LogP contribution < -0.4 is 5.32 Å². The van der Waals surface area contributed by atoms with Gasteiger partial charge in [-0.05, 0) is 43.9 Å². The number of amides is 1. The molecule has 2 heterocycles. The Morgan fingerprint density at radius 3 is 2.81 bits per heavy atom. The number of aryl methyl sites for hydroxylation is 1. The maximum atomic E-state index is 12.4. The second-order valence-electron chi connectivity index (χ2n) is 5.48. The Hall–Kier alpha value is -2.14. The molecular formula is C16H18N2O3. The van der Waals surface area contributed by atoms with E-state index in [0.717, 1.165) is 5.69 Å². The molecule has 0 aliphatic heterocycles. The molecule has 5 nitrogen and oxygen atoms in total. The first-order chi connectivity index (χ1) is 10.1. The van der Waals surface area contributed by atoms with Crippen LogP contribution in [-0.2, 0) is 0 Å². The predicted octanol–water partition coefficient (Wildman–Crippen LogP) is 2.23. The summed E-state index contributed by atoms with van der Waals surface area (Å²) in [5.41, 5.74) is 1.36. The molecule has 1 fully saturated rings. The van der Waals surface area contributed by atoms with Crippen molar-refractivity contribution in [3.8, 4) is 0 Å². The molecule has 1 amide bonds. The molecule has 110 valence electrons. The van der Waals surface area contributed by atoms with Crippen LogP contribution in [0.25, 0.3) is 0 Å². The van der Waals surface area contributed by atoms with E-state index in [2.05, 4.69) is 10.3 Å². The number of rotatable bonds is 4. The Bertz CT molecular complexity index is 617. The molecule has 1 aliphatic rings. The zero-order chi connectivity index (χ0) is 14.8. The first-order valence-electron chi connectivity index (χ1n) is 7.09. The molecule has 2 N–H and O–H groups in total. The molecule has 0 aromatic carbocycles. The van der Waals surface area contributed by atoms with Gasteiger partial charge in [-0.2, -0.15) is 0 Å². The third kappa shape index (κ3) is 2.83. The number of aliphatic hydroxyl groups is 1. The van der Waals surface area contributed by atoms with Gasteiger partial charge in [-0.3, -0.25) is 9.78 Å². The van der Waals surface area contributed by atoms with Crippen LogP contribution in [0.2, 0.25) is 0 Å². The molecule has 1 aliphatic carbocycles. The van der Waals surface area contributed by atoms with Gasteiger partial charge in [0.15, 0.2) is 0 Å². The molecular weight excluding hydrogens is 268 g/mol. The van der Waals surface area contributed by atoms with E-state index in [4.69, 9.17) is 4.42 Å². The standard InChI is InChI=1S/C16H18N2O3/c1-10-13(5-7-21-10)16(20)18-15(11-8-12(19)9-11)14-4-2-3-6-17-14/h2-7,11-12,15,19H,8-9H2,1H3,(H,18,20). The van der Waals surface area contributed by atoms with Crippen molar-refractivity contribution in [2.75, 3.05) is 0 Å². The molecule has 0 saturated heterocycles. The largest absolute Gasteiger partial charge is 0.469 e. The molecule has 21 heavy (non-hydrogen) atoms. The number of hydrogen-bond donors (Lipinski definition) is 2. The third-order valence-corrected chi connectivity index (χ3v) is 4.02. The van der Waals surface area contributed by atoms with Crippen LogP contribution in [0.4, 0.5) is 0 Å². The van der Waals surface area contributed by atoms with Gasteiger partial charge in [-0.25, -0.2) is 0 Å². The Kier molecular flexibility index (Phi) is 3.75. The van der Waals surface area contributed by atoms with E-state index in [1.807, 2.05) is 18.2 Å². The summed E-state index contributed by atoms with van der Waals surface area (Å²) in [5, 5.41) is 12.6. The van der Waals surface area contributed by atoms with E-state index in [-0.39, 0.29) is 24.0 Å². The summed E-state index contributed by atoms with van der Waals surface area (Å²) in [7, 11) is 0. The van der Waals surface area contributed by atoms with E-state index in [0.29, 0.717) is 24.2 Å². The minimum atomic E-state index is -0.270. The van der Waals surface area contributed by atoms with E-state index < -0.39 is 0 Å². The van der Waals surface area contributed by atoms with Crippen LogP contribution in [0.1, 0.15) is 40.7 Å². The maximum Gasteiger partial charge on any atom is 0.255 e. The Labute approximate surface area is 123 Å². The van der Waals surface area contributed by atoms with Crippen LogP contribution in [0.5, 0.6) is 0 Å². The number of furan rings is 1. The summed E-state index contributed by atoms with van der Waals surface area (Å²) in [6.45, 7) is 1.76. The van der Waals surface area contributed by atoms with Gasteiger partial charge in [0, 0.05) is 6.20 Å². The van der Waals surface area contributed by atoms with Crippen molar-refractivity contribution >= 4 is 5.91 Å². The van der Waals surface area contributed by atoms with E-state index in [1.54, 1.807) is 19.2 Å². The topological polar surface area (TPSA) is 75.4 Å². The fraction of sp³-hybridized carbons (Fsp3) is 0.375. The average Bonchev–Trinajstić information content (AvgIpc) is 2.89. The molecule has 0 radical (unpaired) electrons. The number of aliphatic hydroxyl groups excluding tert-OH is 1. The summed E-state index contributed by atoms with van der Waals surface area (Å²) in [4.78, 5) is 16.7. The number of carbonyl (C=O) groups excluding carboxylic acids is 1. The van der Waals surface area contributed by atoms with Crippen molar-refractivity contribution in [1.29, 1.82) is 0 Å². The molecule has 1 atom stereocenters. The van der Waals surface area contributed by atoms with Crippen molar-refractivity contribution in [3.05, 3.63) is 53.7 Å². The van der Waals surface area contributed by atoms with E-state index >= 15 is 0 Å². The van der Waals surface area contributed by atoms with Crippen molar-refractivity contribution < 1.29 is 14.3 Å². The number of pyridine rings is 1. The van der Waals surface area contributed by atoms with Crippen molar-refractivity contribution in [1.82, 2.24) is 10.3 Å². The zero-order valence-corrected chi connectivity index (χ0v) is 11.8. The molecule has 1 saturated carbocycles. The maximum absolute atomic E-state index is 12.4. The zero-order valence-electron chi connectivity index (χ0n) is 11.8. The van der Waals surface area contributed by atoms with Gasteiger partial charge in [0.25, 0.3) is 5.91 Å². The van der Waals surface area contributed by atoms with Gasteiger partial charge in [-0.15, -0.1) is 0 Å². The highest BCUT2D eigenvalue weighted by atomic mass is 16.3. The van der Waals surface area contributed by atoms with E-state index in [9.17, 15) is 9.90 Å². The first-order valence-corrected chi connectivity index (χ1v) is 7.09. The van der Waals surface area contributed by atoms with Gasteiger partial charge in [-0.1, -0.05) is 6.07 Å². The van der Waals surface area contributed by atoms with Crippen molar-refractivity contribution in [2.45, 2.75) is 31.9 Å². The second kappa shape index (κ2) is 5.69. The lowest BCUT2D eigenvalue weighted by atomic mass is 9.76. The highest BCUT2D eigenvalue weighted by Gasteiger charge is 2.36. The summed E-state index contributed by atoms with van der Waals surface area (Å²) in [5.74, 6) is 0.644. The van der Waals surface area contributed by atoms with E-state index in [1.165, 1.54) is 6.26 Å².